The number of benzene rings is 1. The normalized spacial score (nSPS) is 22.2. The molecule has 23 heavy (non-hydrogen) atoms. The molecule has 1 aromatic carbocycles. The van der Waals surface area contributed by atoms with Gasteiger partial charge in [0.05, 0.1) is 11.8 Å². The maximum atomic E-state index is 10.4. The summed E-state index contributed by atoms with van der Waals surface area (Å²) >= 11 is 0. The van der Waals surface area contributed by atoms with Crippen LogP contribution in [-0.2, 0) is 13.0 Å². The number of rotatable bonds is 4. The number of aromatic nitrogens is 3. The number of nitrogens with zero attached hydrogens (tertiary/aromatic N) is 2. The third-order valence-electron chi connectivity index (χ3n) is 4.74. The van der Waals surface area contributed by atoms with Crippen molar-refractivity contribution in [3.05, 3.63) is 53.5 Å². The summed E-state index contributed by atoms with van der Waals surface area (Å²) in [6.07, 6.45) is 2.53. The van der Waals surface area contributed by atoms with E-state index in [1.54, 1.807) is 0 Å². The lowest BCUT2D eigenvalue weighted by Gasteiger charge is -2.15. The van der Waals surface area contributed by atoms with Gasteiger partial charge in [-0.15, -0.1) is 0 Å². The van der Waals surface area contributed by atoms with Crippen molar-refractivity contribution in [1.82, 2.24) is 20.1 Å². The van der Waals surface area contributed by atoms with E-state index in [1.165, 1.54) is 16.5 Å². The average molecular weight is 310 g/mol. The number of H-pyrrole nitrogens is 2. The molecule has 120 valence electrons. The van der Waals surface area contributed by atoms with Gasteiger partial charge in [-0.2, -0.15) is 5.10 Å². The summed E-state index contributed by atoms with van der Waals surface area (Å²) in [7, 11) is 0. The lowest BCUT2D eigenvalue weighted by atomic mass is 10.0. The Labute approximate surface area is 135 Å². The van der Waals surface area contributed by atoms with Crippen molar-refractivity contribution in [2.45, 2.75) is 26.0 Å². The molecule has 0 bridgehead atoms. The van der Waals surface area contributed by atoms with Crippen molar-refractivity contribution in [1.29, 1.82) is 0 Å². The van der Waals surface area contributed by atoms with Crippen LogP contribution < -0.4 is 0 Å². The van der Waals surface area contributed by atoms with Crippen LogP contribution >= 0.6 is 0 Å². The number of nitrogens with one attached hydrogen (secondary N) is 2. The summed E-state index contributed by atoms with van der Waals surface area (Å²) in [5, 5.41) is 18.9. The minimum Gasteiger partial charge on any atom is -0.391 e. The van der Waals surface area contributed by atoms with Gasteiger partial charge >= 0.3 is 0 Å². The average Bonchev–Trinajstić information content (AvgIpc) is 3.21. The minimum atomic E-state index is -0.275. The van der Waals surface area contributed by atoms with Crippen LogP contribution in [0.4, 0.5) is 0 Å². The number of hydrogen-bond acceptors (Lipinski definition) is 3. The first-order chi connectivity index (χ1) is 11.2. The highest BCUT2D eigenvalue weighted by molar-refractivity contribution is 5.79. The third-order valence-corrected chi connectivity index (χ3v) is 4.74. The second-order valence-corrected chi connectivity index (χ2v) is 6.67. The largest absolute Gasteiger partial charge is 0.391 e. The van der Waals surface area contributed by atoms with Crippen LogP contribution in [-0.4, -0.2) is 44.4 Å². The van der Waals surface area contributed by atoms with Gasteiger partial charge in [0.25, 0.3) is 0 Å². The molecule has 4 rings (SSSR count). The van der Waals surface area contributed by atoms with Gasteiger partial charge in [-0.1, -0.05) is 6.07 Å². The van der Waals surface area contributed by atoms with E-state index in [-0.39, 0.29) is 12.0 Å². The van der Waals surface area contributed by atoms with E-state index in [1.807, 2.05) is 13.1 Å². The van der Waals surface area contributed by atoms with Crippen molar-refractivity contribution < 1.29 is 5.11 Å². The molecule has 1 fully saturated rings. The van der Waals surface area contributed by atoms with E-state index < -0.39 is 0 Å². The molecule has 0 saturated carbocycles. The summed E-state index contributed by atoms with van der Waals surface area (Å²) in [5.74, 6) is 0.258. The molecule has 3 aromatic rings. The molecule has 2 atom stereocenters. The zero-order chi connectivity index (χ0) is 15.8. The molecule has 2 aromatic heterocycles. The molecule has 1 aliphatic heterocycles. The van der Waals surface area contributed by atoms with Crippen LogP contribution in [0.5, 0.6) is 0 Å². The number of aryl methyl sites for hydroxylation is 1. The van der Waals surface area contributed by atoms with Crippen LogP contribution in [0.15, 0.2) is 36.5 Å². The fraction of sp³-hybridized carbons (Fsp3) is 0.389. The number of likely N-dealkylation sites (tertiary alicyclic amines) is 1. The van der Waals surface area contributed by atoms with Gasteiger partial charge in [0.1, 0.15) is 0 Å². The number of hydrogen-bond donors (Lipinski definition) is 3. The predicted octanol–water partition coefficient (Wildman–Crippen LogP) is 2.23. The monoisotopic (exact) mass is 310 g/mol. The molecule has 0 spiro atoms. The number of aromatic amines is 2. The van der Waals surface area contributed by atoms with Crippen molar-refractivity contribution >= 4 is 10.9 Å². The molecular formula is C18H22N4O. The summed E-state index contributed by atoms with van der Waals surface area (Å²) in [4.78, 5) is 5.56. The zero-order valence-electron chi connectivity index (χ0n) is 13.3. The first kappa shape index (κ1) is 14.5. The molecule has 0 unspecified atom stereocenters. The van der Waals surface area contributed by atoms with Gasteiger partial charge in [0.2, 0.25) is 0 Å². The standard InChI is InChI=1S/C18H22N4O/c1-12-6-16(21-20-12)8-15-10-22(11-18(15)23)9-13-2-3-17-14(7-13)4-5-19-17/h2-7,15,18-19,23H,8-11H2,1H3,(H,20,21)/t15-,18-/m1/s1. The third kappa shape index (κ3) is 3.02. The van der Waals surface area contributed by atoms with Crippen molar-refractivity contribution in [3.8, 4) is 0 Å². The summed E-state index contributed by atoms with van der Waals surface area (Å²) in [6.45, 7) is 4.54. The molecule has 3 N–H and O–H groups in total. The summed E-state index contributed by atoms with van der Waals surface area (Å²) in [6, 6.07) is 10.7. The highest BCUT2D eigenvalue weighted by Crippen LogP contribution is 2.24. The fourth-order valence-electron chi connectivity index (χ4n) is 3.58. The van der Waals surface area contributed by atoms with E-state index in [0.717, 1.165) is 37.4 Å². The van der Waals surface area contributed by atoms with Gasteiger partial charge in [-0.25, -0.2) is 0 Å². The molecule has 3 heterocycles. The Morgan fingerprint density at radius 1 is 1.26 bits per heavy atom. The lowest BCUT2D eigenvalue weighted by molar-refractivity contribution is 0.140. The SMILES string of the molecule is Cc1cc(C[C@@H]2CN(Cc3ccc4[nH]ccc4c3)C[C@H]2O)n[nH]1. The first-order valence-electron chi connectivity index (χ1n) is 8.15. The Bertz CT molecular complexity index is 806. The summed E-state index contributed by atoms with van der Waals surface area (Å²) in [5.41, 5.74) is 4.58. The molecule has 0 radical (unpaired) electrons. The van der Waals surface area contributed by atoms with E-state index in [9.17, 15) is 5.11 Å². The molecule has 0 amide bonds. The van der Waals surface area contributed by atoms with Crippen molar-refractivity contribution in [2.24, 2.45) is 5.92 Å². The minimum absolute atomic E-state index is 0.258. The summed E-state index contributed by atoms with van der Waals surface area (Å²) < 4.78 is 0. The fourth-order valence-corrected chi connectivity index (χ4v) is 3.58. The van der Waals surface area contributed by atoms with Crippen LogP contribution in [0.3, 0.4) is 0 Å². The highest BCUT2D eigenvalue weighted by Gasteiger charge is 2.31. The second kappa shape index (κ2) is 5.83. The molecule has 5 nitrogen and oxygen atoms in total. The van der Waals surface area contributed by atoms with Crippen LogP contribution in [0.1, 0.15) is 17.0 Å². The van der Waals surface area contributed by atoms with E-state index in [4.69, 9.17) is 0 Å². The topological polar surface area (TPSA) is 67.9 Å². The van der Waals surface area contributed by atoms with E-state index in [2.05, 4.69) is 50.4 Å². The Balaban J connectivity index is 1.42. The second-order valence-electron chi connectivity index (χ2n) is 6.67. The van der Waals surface area contributed by atoms with Crippen molar-refractivity contribution in [3.63, 3.8) is 0 Å². The number of aliphatic hydroxyl groups excluding tert-OH is 1. The molecular weight excluding hydrogens is 288 g/mol. The first-order valence-corrected chi connectivity index (χ1v) is 8.15. The number of fused-ring (bicyclic) bond motifs is 1. The van der Waals surface area contributed by atoms with Gasteiger partial charge in [-0.05, 0) is 48.6 Å². The Hall–Kier alpha value is -2.11. The van der Waals surface area contributed by atoms with Gasteiger partial charge in [0, 0.05) is 43.0 Å². The predicted molar refractivity (Wildman–Crippen MR) is 90.1 cm³/mol. The van der Waals surface area contributed by atoms with E-state index >= 15 is 0 Å². The highest BCUT2D eigenvalue weighted by atomic mass is 16.3. The van der Waals surface area contributed by atoms with Gasteiger partial charge in [-0.3, -0.25) is 10.00 Å². The Kier molecular flexibility index (Phi) is 3.67. The molecule has 5 heteroatoms. The van der Waals surface area contributed by atoms with Crippen molar-refractivity contribution in [2.75, 3.05) is 13.1 Å². The van der Waals surface area contributed by atoms with Crippen LogP contribution in [0.2, 0.25) is 0 Å². The van der Waals surface area contributed by atoms with E-state index in [0.29, 0.717) is 0 Å². The smallest absolute Gasteiger partial charge is 0.0711 e. The Morgan fingerprint density at radius 2 is 2.17 bits per heavy atom. The number of aliphatic hydroxyl groups is 1. The molecule has 0 aliphatic carbocycles. The Morgan fingerprint density at radius 3 is 3.00 bits per heavy atom. The van der Waals surface area contributed by atoms with Crippen LogP contribution in [0.25, 0.3) is 10.9 Å². The maximum Gasteiger partial charge on any atom is 0.0711 e. The zero-order valence-corrected chi connectivity index (χ0v) is 13.3. The maximum absolute atomic E-state index is 10.4. The molecule has 1 aliphatic rings. The van der Waals surface area contributed by atoms with Crippen LogP contribution in [0, 0.1) is 12.8 Å². The lowest BCUT2D eigenvalue weighted by Crippen LogP contribution is -2.21. The quantitative estimate of drug-likeness (QED) is 0.692. The molecule has 1 saturated heterocycles. The van der Waals surface area contributed by atoms with Gasteiger partial charge in [0.15, 0.2) is 0 Å². The van der Waals surface area contributed by atoms with Gasteiger partial charge < -0.3 is 10.1 Å². The number of β-amino-alcohol motifs (C(OH)–C–C–N with tert-alkyl or cyclic N) is 1.